The standard InChI is InChI=1S/C23H27FN2O2/c1-23(2)15-26(21-11-10-18(24)12-19(21)23)13-20(17-8-9-17)25-22(27)28-14-16-6-4-3-5-7-16/h3-7,10-12,17,20H,8-9,13-15H2,1-2H3,(H,25,27)/t20-/m1/s1. The van der Waals surface area contributed by atoms with E-state index in [1.54, 1.807) is 6.07 Å². The van der Waals surface area contributed by atoms with Crippen molar-refractivity contribution in [3.63, 3.8) is 0 Å². The summed E-state index contributed by atoms with van der Waals surface area (Å²) < 4.78 is 19.1. The summed E-state index contributed by atoms with van der Waals surface area (Å²) in [6.07, 6.45) is 1.87. The van der Waals surface area contributed by atoms with Crippen LogP contribution in [-0.2, 0) is 16.8 Å². The molecule has 0 bridgehead atoms. The number of fused-ring (bicyclic) bond motifs is 1. The van der Waals surface area contributed by atoms with Gasteiger partial charge in [-0.2, -0.15) is 0 Å². The molecule has 0 aromatic heterocycles. The van der Waals surface area contributed by atoms with E-state index in [1.807, 2.05) is 36.4 Å². The van der Waals surface area contributed by atoms with Crippen LogP contribution in [0.25, 0.3) is 0 Å². The maximum Gasteiger partial charge on any atom is 0.407 e. The molecular formula is C23H27FN2O2. The quantitative estimate of drug-likeness (QED) is 0.792. The van der Waals surface area contributed by atoms with E-state index in [4.69, 9.17) is 4.74 Å². The van der Waals surface area contributed by atoms with E-state index >= 15 is 0 Å². The number of carbonyl (C=O) groups is 1. The molecule has 1 aliphatic heterocycles. The fourth-order valence-electron chi connectivity index (χ4n) is 4.10. The van der Waals surface area contributed by atoms with E-state index in [-0.39, 0.29) is 30.0 Å². The van der Waals surface area contributed by atoms with Crippen molar-refractivity contribution in [3.05, 3.63) is 65.5 Å². The minimum Gasteiger partial charge on any atom is -0.445 e. The van der Waals surface area contributed by atoms with Gasteiger partial charge < -0.3 is 15.0 Å². The molecule has 0 unspecified atom stereocenters. The molecule has 2 aromatic rings. The summed E-state index contributed by atoms with van der Waals surface area (Å²) in [6, 6.07) is 14.7. The first-order chi connectivity index (χ1) is 13.4. The van der Waals surface area contributed by atoms with Crippen LogP contribution in [0.3, 0.4) is 0 Å². The van der Waals surface area contributed by atoms with E-state index in [2.05, 4.69) is 24.1 Å². The Kier molecular flexibility index (Phi) is 5.00. The van der Waals surface area contributed by atoms with Gasteiger partial charge in [0.05, 0.1) is 6.04 Å². The lowest BCUT2D eigenvalue weighted by molar-refractivity contribution is 0.134. The molecule has 1 heterocycles. The van der Waals surface area contributed by atoms with E-state index in [9.17, 15) is 9.18 Å². The number of ether oxygens (including phenoxy) is 1. The Labute approximate surface area is 165 Å². The van der Waals surface area contributed by atoms with Gasteiger partial charge in [-0.15, -0.1) is 0 Å². The molecule has 5 heteroatoms. The molecule has 1 saturated carbocycles. The number of amides is 1. The molecule has 1 amide bonds. The van der Waals surface area contributed by atoms with Crippen molar-refractivity contribution in [2.24, 2.45) is 5.92 Å². The van der Waals surface area contributed by atoms with Crippen molar-refractivity contribution < 1.29 is 13.9 Å². The fraction of sp³-hybridized carbons (Fsp3) is 0.435. The molecule has 2 aromatic carbocycles. The summed E-state index contributed by atoms with van der Waals surface area (Å²) >= 11 is 0. The summed E-state index contributed by atoms with van der Waals surface area (Å²) in [5.41, 5.74) is 2.96. The Balaban J connectivity index is 1.40. The third-order valence-corrected chi connectivity index (χ3v) is 5.74. The molecule has 0 radical (unpaired) electrons. The molecule has 1 fully saturated rings. The number of nitrogens with zero attached hydrogens (tertiary/aromatic N) is 1. The Morgan fingerprint density at radius 1 is 1.25 bits per heavy atom. The fourth-order valence-corrected chi connectivity index (χ4v) is 4.10. The molecular weight excluding hydrogens is 355 g/mol. The molecule has 148 valence electrons. The number of anilines is 1. The molecule has 28 heavy (non-hydrogen) atoms. The highest BCUT2D eigenvalue weighted by atomic mass is 19.1. The highest BCUT2D eigenvalue weighted by Crippen LogP contribution is 2.42. The third kappa shape index (κ3) is 4.13. The summed E-state index contributed by atoms with van der Waals surface area (Å²) in [5.74, 6) is 0.284. The van der Waals surface area contributed by atoms with Crippen LogP contribution in [0, 0.1) is 11.7 Å². The predicted octanol–water partition coefficient (Wildman–Crippen LogP) is 4.63. The summed E-state index contributed by atoms with van der Waals surface area (Å²) in [6.45, 7) is 6.07. The second kappa shape index (κ2) is 7.46. The van der Waals surface area contributed by atoms with Gasteiger partial charge in [-0.1, -0.05) is 44.2 Å². The van der Waals surface area contributed by atoms with E-state index in [1.165, 1.54) is 6.07 Å². The van der Waals surface area contributed by atoms with Crippen LogP contribution in [0.15, 0.2) is 48.5 Å². The topological polar surface area (TPSA) is 41.6 Å². The Hall–Kier alpha value is -2.56. The Morgan fingerprint density at radius 2 is 2.00 bits per heavy atom. The van der Waals surface area contributed by atoms with Crippen LogP contribution in [0.4, 0.5) is 14.9 Å². The normalized spacial score (nSPS) is 18.5. The van der Waals surface area contributed by atoms with Gasteiger partial charge in [-0.05, 0) is 48.1 Å². The number of hydrogen-bond donors (Lipinski definition) is 1. The van der Waals surface area contributed by atoms with Gasteiger partial charge in [0.1, 0.15) is 12.4 Å². The molecule has 1 aliphatic carbocycles. The summed E-state index contributed by atoms with van der Waals surface area (Å²) in [7, 11) is 0. The maximum atomic E-state index is 13.7. The SMILES string of the molecule is CC1(C)CN(C[C@@H](NC(=O)OCc2ccccc2)C2CC2)c2ccc(F)cc21. The Morgan fingerprint density at radius 3 is 2.71 bits per heavy atom. The molecule has 4 nitrogen and oxygen atoms in total. The first kappa shape index (κ1) is 18.8. The highest BCUT2D eigenvalue weighted by molar-refractivity contribution is 5.68. The van der Waals surface area contributed by atoms with Crippen LogP contribution in [0.2, 0.25) is 0 Å². The molecule has 0 saturated heterocycles. The third-order valence-electron chi connectivity index (χ3n) is 5.74. The van der Waals surface area contributed by atoms with E-state index in [0.29, 0.717) is 12.5 Å². The number of rotatable bonds is 6. The average Bonchev–Trinajstić information content (AvgIpc) is 3.48. The van der Waals surface area contributed by atoms with Crippen LogP contribution in [0.5, 0.6) is 0 Å². The van der Waals surface area contributed by atoms with Gasteiger partial charge in [-0.3, -0.25) is 0 Å². The molecule has 1 atom stereocenters. The summed E-state index contributed by atoms with van der Waals surface area (Å²) in [4.78, 5) is 14.6. The van der Waals surface area contributed by atoms with Crippen LogP contribution in [0.1, 0.15) is 37.8 Å². The molecule has 1 N–H and O–H groups in total. The maximum absolute atomic E-state index is 13.7. The van der Waals surface area contributed by atoms with Gasteiger partial charge in [0, 0.05) is 24.2 Å². The van der Waals surface area contributed by atoms with Crippen molar-refractivity contribution >= 4 is 11.8 Å². The first-order valence-corrected chi connectivity index (χ1v) is 9.94. The number of carbonyl (C=O) groups excluding carboxylic acids is 1. The van der Waals surface area contributed by atoms with Crippen LogP contribution < -0.4 is 10.2 Å². The second-order valence-electron chi connectivity index (χ2n) is 8.58. The number of benzene rings is 2. The second-order valence-corrected chi connectivity index (χ2v) is 8.58. The van der Waals surface area contributed by atoms with Gasteiger partial charge in [0.15, 0.2) is 0 Å². The molecule has 4 rings (SSSR count). The van der Waals surface area contributed by atoms with Gasteiger partial charge in [0.25, 0.3) is 0 Å². The monoisotopic (exact) mass is 382 g/mol. The zero-order valence-corrected chi connectivity index (χ0v) is 16.5. The van der Waals surface area contributed by atoms with Gasteiger partial charge in [-0.25, -0.2) is 9.18 Å². The van der Waals surface area contributed by atoms with E-state index in [0.717, 1.165) is 36.2 Å². The van der Waals surface area contributed by atoms with Crippen LogP contribution in [-0.4, -0.2) is 25.2 Å². The van der Waals surface area contributed by atoms with Crippen molar-refractivity contribution in [1.29, 1.82) is 0 Å². The predicted molar refractivity (Wildman–Crippen MR) is 108 cm³/mol. The van der Waals surface area contributed by atoms with Crippen molar-refractivity contribution in [1.82, 2.24) is 5.32 Å². The lowest BCUT2D eigenvalue weighted by Gasteiger charge is -2.28. The largest absolute Gasteiger partial charge is 0.445 e. The first-order valence-electron chi connectivity index (χ1n) is 9.94. The van der Waals surface area contributed by atoms with Gasteiger partial charge >= 0.3 is 6.09 Å². The lowest BCUT2D eigenvalue weighted by atomic mass is 9.87. The molecule has 0 spiro atoms. The van der Waals surface area contributed by atoms with Crippen molar-refractivity contribution in [2.75, 3.05) is 18.0 Å². The molecule has 2 aliphatic rings. The van der Waals surface area contributed by atoms with Crippen LogP contribution >= 0.6 is 0 Å². The smallest absolute Gasteiger partial charge is 0.407 e. The van der Waals surface area contributed by atoms with Crippen molar-refractivity contribution in [2.45, 2.75) is 44.8 Å². The van der Waals surface area contributed by atoms with E-state index < -0.39 is 0 Å². The van der Waals surface area contributed by atoms with Crippen molar-refractivity contribution in [3.8, 4) is 0 Å². The Bertz CT molecular complexity index is 849. The number of alkyl carbamates (subject to hydrolysis) is 1. The average molecular weight is 382 g/mol. The summed E-state index contributed by atoms with van der Waals surface area (Å²) in [5, 5.41) is 3.07. The number of halogens is 1. The zero-order valence-electron chi connectivity index (χ0n) is 16.5. The zero-order chi connectivity index (χ0) is 19.7. The minimum atomic E-state index is -0.376. The van der Waals surface area contributed by atoms with Gasteiger partial charge in [0.2, 0.25) is 0 Å². The highest BCUT2D eigenvalue weighted by Gasteiger charge is 2.39. The number of hydrogen-bond acceptors (Lipinski definition) is 3. The lowest BCUT2D eigenvalue weighted by Crippen LogP contribution is -2.46. The minimum absolute atomic E-state index is 0.0371. The number of nitrogens with one attached hydrogen (secondary N) is 1.